The highest BCUT2D eigenvalue weighted by Gasteiger charge is 2.19. The van der Waals surface area contributed by atoms with E-state index in [1.165, 1.54) is 18.2 Å². The largest absolute Gasteiger partial charge is 0.490 e. The Labute approximate surface area is 264 Å². The number of anilines is 1. The van der Waals surface area contributed by atoms with Crippen LogP contribution in [0.4, 0.5) is 11.4 Å². The van der Waals surface area contributed by atoms with E-state index in [2.05, 4.69) is 11.4 Å². The first kappa shape index (κ1) is 30.8. The molecule has 5 rings (SSSR count). The Hall–Kier alpha value is -5.66. The number of pyridine rings is 1. The van der Waals surface area contributed by atoms with Crippen molar-refractivity contribution in [3.05, 3.63) is 130 Å². The Morgan fingerprint density at radius 1 is 0.911 bits per heavy atom. The predicted octanol–water partition coefficient (Wildman–Crippen LogP) is 7.90. The van der Waals surface area contributed by atoms with Crippen molar-refractivity contribution >= 4 is 29.0 Å². The van der Waals surface area contributed by atoms with Gasteiger partial charge in [-0.05, 0) is 42.3 Å². The van der Waals surface area contributed by atoms with Crippen LogP contribution in [0.1, 0.15) is 18.1 Å². The van der Waals surface area contributed by atoms with Gasteiger partial charge in [-0.3, -0.25) is 14.9 Å². The van der Waals surface area contributed by atoms with Gasteiger partial charge in [0.1, 0.15) is 17.7 Å². The molecule has 45 heavy (non-hydrogen) atoms. The van der Waals surface area contributed by atoms with Gasteiger partial charge in [0.05, 0.1) is 28.5 Å². The molecule has 224 valence electrons. The maximum absolute atomic E-state index is 12.9. The molecule has 0 saturated heterocycles. The van der Waals surface area contributed by atoms with Gasteiger partial charge in [0.15, 0.2) is 11.5 Å². The fourth-order valence-corrected chi connectivity index (χ4v) is 5.35. The highest BCUT2D eigenvalue weighted by Crippen LogP contribution is 2.38. The van der Waals surface area contributed by atoms with Gasteiger partial charge in [-0.1, -0.05) is 84.6 Å². The van der Waals surface area contributed by atoms with E-state index < -0.39 is 10.8 Å². The van der Waals surface area contributed by atoms with Crippen LogP contribution in [-0.2, 0) is 11.4 Å². The fourth-order valence-electron chi connectivity index (χ4n) is 4.55. The molecule has 0 fully saturated rings. The van der Waals surface area contributed by atoms with Crippen molar-refractivity contribution in [1.29, 1.82) is 5.26 Å². The fraction of sp³-hybridized carbons (Fsp3) is 0.114. The lowest BCUT2D eigenvalue weighted by Gasteiger charge is -2.16. The van der Waals surface area contributed by atoms with E-state index in [-0.39, 0.29) is 11.4 Å². The molecule has 10 heteroatoms. The van der Waals surface area contributed by atoms with Crippen molar-refractivity contribution < 1.29 is 19.2 Å². The minimum atomic E-state index is -0.525. The van der Waals surface area contributed by atoms with Crippen molar-refractivity contribution in [3.63, 3.8) is 0 Å². The van der Waals surface area contributed by atoms with Gasteiger partial charge in [0.2, 0.25) is 5.91 Å². The summed E-state index contributed by atoms with van der Waals surface area (Å²) in [6, 6.07) is 34.8. The van der Waals surface area contributed by atoms with E-state index in [0.29, 0.717) is 52.2 Å². The summed E-state index contributed by atoms with van der Waals surface area (Å²) in [5, 5.41) is 24.5. The number of rotatable bonds is 12. The predicted molar refractivity (Wildman–Crippen MR) is 174 cm³/mol. The van der Waals surface area contributed by atoms with Crippen molar-refractivity contribution in [1.82, 2.24) is 4.98 Å². The van der Waals surface area contributed by atoms with Crippen LogP contribution < -0.4 is 14.8 Å². The minimum Gasteiger partial charge on any atom is -0.490 e. The number of benzene rings is 4. The number of carbonyl (C=O) groups is 1. The molecule has 1 aromatic heterocycles. The number of thioether (sulfide) groups is 1. The molecule has 0 aliphatic carbocycles. The number of nitrogens with zero attached hydrogens (tertiary/aromatic N) is 3. The summed E-state index contributed by atoms with van der Waals surface area (Å²) >= 11 is 1.12. The summed E-state index contributed by atoms with van der Waals surface area (Å²) < 4.78 is 12.0. The number of nitrogens with one attached hydrogen (secondary N) is 1. The van der Waals surface area contributed by atoms with Crippen LogP contribution in [0.2, 0.25) is 0 Å². The molecule has 9 nitrogen and oxygen atoms in total. The first-order chi connectivity index (χ1) is 21.9. The molecule has 0 saturated carbocycles. The highest BCUT2D eigenvalue weighted by molar-refractivity contribution is 8.00. The first-order valence-corrected chi connectivity index (χ1v) is 15.1. The molecular weight excluding hydrogens is 588 g/mol. The molecule has 0 bridgehead atoms. The second-order valence-electron chi connectivity index (χ2n) is 9.73. The molecule has 1 amide bonds. The Balaban J connectivity index is 1.47. The molecular formula is C35H28N4O5S. The van der Waals surface area contributed by atoms with E-state index in [4.69, 9.17) is 14.5 Å². The van der Waals surface area contributed by atoms with Crippen LogP contribution in [0, 0.1) is 21.4 Å². The van der Waals surface area contributed by atoms with Gasteiger partial charge in [0, 0.05) is 28.9 Å². The van der Waals surface area contributed by atoms with Crippen LogP contribution in [0.25, 0.3) is 22.4 Å². The standard InChI is InChI=1S/C35H28N4O5S/c1-2-43-33-18-26(16-17-32(33)44-22-24-10-5-3-6-11-24)29-20-31(25-12-7-4-8-13-25)38-35(30(29)21-36)45-23-34(40)37-27-14-9-15-28(19-27)39(41)42/h3-20H,2,22-23H2,1H3,(H,37,40). The number of hydrogen-bond donors (Lipinski definition) is 1. The quantitative estimate of drug-likeness (QED) is 0.0851. The Kier molecular flexibility index (Phi) is 10.0. The van der Waals surface area contributed by atoms with E-state index >= 15 is 0 Å². The number of hydrogen-bond acceptors (Lipinski definition) is 8. The molecule has 0 atom stereocenters. The number of nitro groups is 1. The van der Waals surface area contributed by atoms with E-state index in [1.807, 2.05) is 91.9 Å². The molecule has 0 unspecified atom stereocenters. The second kappa shape index (κ2) is 14.7. The number of non-ortho nitro benzene ring substituents is 1. The van der Waals surface area contributed by atoms with Gasteiger partial charge >= 0.3 is 0 Å². The van der Waals surface area contributed by atoms with E-state index in [9.17, 15) is 20.2 Å². The lowest BCUT2D eigenvalue weighted by Crippen LogP contribution is -2.14. The van der Waals surface area contributed by atoms with E-state index in [0.717, 1.165) is 28.5 Å². The van der Waals surface area contributed by atoms with Crippen LogP contribution >= 0.6 is 11.8 Å². The van der Waals surface area contributed by atoms with Gasteiger partial charge < -0.3 is 14.8 Å². The zero-order valence-electron chi connectivity index (χ0n) is 24.3. The Morgan fingerprint density at radius 2 is 1.67 bits per heavy atom. The second-order valence-corrected chi connectivity index (χ2v) is 10.7. The third-order valence-electron chi connectivity index (χ3n) is 6.64. The van der Waals surface area contributed by atoms with Crippen molar-refractivity contribution in [2.24, 2.45) is 0 Å². The summed E-state index contributed by atoms with van der Waals surface area (Å²) in [7, 11) is 0. The molecule has 0 spiro atoms. The molecule has 1 heterocycles. The van der Waals surface area contributed by atoms with Gasteiger partial charge in [-0.2, -0.15) is 5.26 Å². The number of carbonyl (C=O) groups excluding carboxylic acids is 1. The normalized spacial score (nSPS) is 10.5. The highest BCUT2D eigenvalue weighted by atomic mass is 32.2. The number of nitriles is 1. The van der Waals surface area contributed by atoms with Crippen molar-refractivity contribution in [2.75, 3.05) is 17.7 Å². The van der Waals surface area contributed by atoms with Crippen LogP contribution in [0.3, 0.4) is 0 Å². The lowest BCUT2D eigenvalue weighted by atomic mass is 9.99. The topological polar surface area (TPSA) is 127 Å². The number of amides is 1. The van der Waals surface area contributed by atoms with Crippen LogP contribution in [0.5, 0.6) is 11.5 Å². The lowest BCUT2D eigenvalue weighted by molar-refractivity contribution is -0.384. The third-order valence-corrected chi connectivity index (χ3v) is 7.62. The Morgan fingerprint density at radius 3 is 2.38 bits per heavy atom. The minimum absolute atomic E-state index is 0.0709. The molecule has 5 aromatic rings. The van der Waals surface area contributed by atoms with Crippen molar-refractivity contribution in [3.8, 4) is 40.0 Å². The number of ether oxygens (including phenoxy) is 2. The molecule has 0 radical (unpaired) electrons. The average Bonchev–Trinajstić information content (AvgIpc) is 3.07. The van der Waals surface area contributed by atoms with E-state index in [1.54, 1.807) is 6.07 Å². The van der Waals surface area contributed by atoms with Crippen LogP contribution in [0.15, 0.2) is 114 Å². The van der Waals surface area contributed by atoms with Crippen LogP contribution in [-0.4, -0.2) is 28.2 Å². The zero-order chi connectivity index (χ0) is 31.6. The summed E-state index contributed by atoms with van der Waals surface area (Å²) in [5.74, 6) is 0.654. The molecule has 0 aliphatic rings. The zero-order valence-corrected chi connectivity index (χ0v) is 25.1. The first-order valence-electron chi connectivity index (χ1n) is 14.1. The molecule has 4 aromatic carbocycles. The van der Waals surface area contributed by atoms with Gasteiger partial charge in [-0.25, -0.2) is 4.98 Å². The Bertz CT molecular complexity index is 1860. The summed E-state index contributed by atoms with van der Waals surface area (Å²) in [6.45, 7) is 2.68. The maximum atomic E-state index is 12.9. The number of aromatic nitrogens is 1. The average molecular weight is 617 g/mol. The SMILES string of the molecule is CCOc1cc(-c2cc(-c3ccccc3)nc(SCC(=O)Nc3cccc([N+](=O)[O-])c3)c2C#N)ccc1OCc1ccccc1. The van der Waals surface area contributed by atoms with Gasteiger partial charge in [0.25, 0.3) is 5.69 Å². The van der Waals surface area contributed by atoms with Gasteiger partial charge in [-0.15, -0.1) is 0 Å². The summed E-state index contributed by atoms with van der Waals surface area (Å²) in [5.41, 5.74) is 4.34. The van der Waals surface area contributed by atoms with Crippen molar-refractivity contribution in [2.45, 2.75) is 18.6 Å². The summed E-state index contributed by atoms with van der Waals surface area (Å²) in [4.78, 5) is 28.2. The maximum Gasteiger partial charge on any atom is 0.271 e. The smallest absolute Gasteiger partial charge is 0.271 e. The monoisotopic (exact) mass is 616 g/mol. The third kappa shape index (κ3) is 7.84. The molecule has 1 N–H and O–H groups in total. The molecule has 0 aliphatic heterocycles. The summed E-state index contributed by atoms with van der Waals surface area (Å²) in [6.07, 6.45) is 0. The number of nitro benzene ring substituents is 1.